The van der Waals surface area contributed by atoms with Crippen LogP contribution in [0.25, 0.3) is 12.2 Å². The molecule has 0 radical (unpaired) electrons. The highest BCUT2D eigenvalue weighted by molar-refractivity contribution is 7.92. The molecule has 3 rings (SSSR count). The van der Waals surface area contributed by atoms with E-state index in [2.05, 4.69) is 4.72 Å². The number of anilines is 1. The minimum Gasteiger partial charge on any atom is -0.493 e. The van der Waals surface area contributed by atoms with Crippen molar-refractivity contribution in [1.29, 1.82) is 0 Å². The van der Waals surface area contributed by atoms with Crippen molar-refractivity contribution < 1.29 is 37.0 Å². The normalized spacial score (nSPS) is 11.2. The van der Waals surface area contributed by atoms with E-state index in [1.807, 2.05) is 0 Å². The topological polar surface area (TPSA) is 135 Å². The number of hydrogen-bond acceptors (Lipinski definition) is 9. The average molecular weight is 531 g/mol. The van der Waals surface area contributed by atoms with Crippen molar-refractivity contribution in [1.82, 2.24) is 0 Å². The van der Waals surface area contributed by atoms with Crippen LogP contribution in [0.2, 0.25) is 0 Å². The molecule has 0 aliphatic rings. The van der Waals surface area contributed by atoms with Gasteiger partial charge < -0.3 is 23.7 Å². The molecule has 0 aliphatic carbocycles. The molecular weight excluding hydrogens is 504 g/mol. The Morgan fingerprint density at radius 3 is 1.92 bits per heavy atom. The molecule has 37 heavy (non-hydrogen) atoms. The first-order chi connectivity index (χ1) is 17.7. The molecule has 3 aromatic rings. The Labute approximate surface area is 214 Å². The van der Waals surface area contributed by atoms with Crippen LogP contribution < -0.4 is 28.4 Å². The van der Waals surface area contributed by atoms with Crippen molar-refractivity contribution in [3.8, 4) is 28.7 Å². The molecule has 196 valence electrons. The van der Waals surface area contributed by atoms with Gasteiger partial charge in [-0.05, 0) is 29.8 Å². The van der Waals surface area contributed by atoms with Crippen molar-refractivity contribution in [3.63, 3.8) is 0 Å². The third-order valence-corrected chi connectivity index (χ3v) is 6.64. The molecule has 0 bridgehead atoms. The highest BCUT2D eigenvalue weighted by Crippen LogP contribution is 2.39. The fourth-order valence-electron chi connectivity index (χ4n) is 3.47. The summed E-state index contributed by atoms with van der Waals surface area (Å²) in [6.07, 6.45) is 3.38. The van der Waals surface area contributed by atoms with Gasteiger partial charge in [0.05, 0.1) is 51.1 Å². The van der Waals surface area contributed by atoms with Crippen molar-refractivity contribution in [2.75, 3.05) is 40.3 Å². The number of nitro benzene ring substituents is 1. The molecule has 0 saturated carbocycles. The number of nitrogens with one attached hydrogen (secondary N) is 1. The fourth-order valence-corrected chi connectivity index (χ4v) is 4.59. The maximum atomic E-state index is 13.1. The van der Waals surface area contributed by atoms with Crippen LogP contribution in [0.5, 0.6) is 28.7 Å². The first-order valence-corrected chi connectivity index (χ1v) is 12.2. The largest absolute Gasteiger partial charge is 0.493 e. The van der Waals surface area contributed by atoms with Gasteiger partial charge >= 0.3 is 0 Å². The second-order valence-corrected chi connectivity index (χ2v) is 9.13. The van der Waals surface area contributed by atoms with Crippen LogP contribution in [0.1, 0.15) is 11.1 Å². The molecule has 0 spiro atoms. The van der Waals surface area contributed by atoms with Crippen LogP contribution in [-0.2, 0) is 10.0 Å². The third-order valence-electron chi connectivity index (χ3n) is 5.28. The molecule has 0 amide bonds. The number of non-ortho nitro benzene ring substituents is 1. The van der Waals surface area contributed by atoms with Crippen molar-refractivity contribution in [2.45, 2.75) is 4.90 Å². The van der Waals surface area contributed by atoms with Gasteiger partial charge in [-0.15, -0.1) is 0 Å². The maximum absolute atomic E-state index is 13.1. The van der Waals surface area contributed by atoms with E-state index in [4.69, 9.17) is 23.7 Å². The second kappa shape index (κ2) is 11.5. The van der Waals surface area contributed by atoms with E-state index in [-0.39, 0.29) is 22.0 Å². The summed E-state index contributed by atoms with van der Waals surface area (Å²) < 4.78 is 55.6. The van der Waals surface area contributed by atoms with Gasteiger partial charge in [0, 0.05) is 23.8 Å². The van der Waals surface area contributed by atoms with Crippen molar-refractivity contribution in [3.05, 3.63) is 69.8 Å². The molecule has 0 unspecified atom stereocenters. The Bertz CT molecular complexity index is 1410. The van der Waals surface area contributed by atoms with E-state index >= 15 is 0 Å². The monoisotopic (exact) mass is 530 g/mol. The van der Waals surface area contributed by atoms with Crippen molar-refractivity contribution in [2.24, 2.45) is 0 Å². The lowest BCUT2D eigenvalue weighted by atomic mass is 10.1. The highest BCUT2D eigenvalue weighted by atomic mass is 32.2. The smallest absolute Gasteiger partial charge is 0.270 e. The standard InChI is InChI=1S/C25H26N2O9S/c1-32-21-13-17(10-9-16-11-23(34-3)25(36-5)24(12-16)35-4)20(15-22(21)33-2)26-37(30,31)19-8-6-7-18(14-19)27(28)29/h6-15,26H,1-5H3/b10-9-. The van der Waals surface area contributed by atoms with Crippen LogP contribution in [-0.4, -0.2) is 48.9 Å². The molecule has 0 saturated heterocycles. The number of hydrogen-bond donors (Lipinski definition) is 1. The van der Waals surface area contributed by atoms with Gasteiger partial charge in [-0.25, -0.2) is 8.42 Å². The van der Waals surface area contributed by atoms with Crippen LogP contribution in [0.4, 0.5) is 11.4 Å². The Morgan fingerprint density at radius 2 is 1.38 bits per heavy atom. The SMILES string of the molecule is COc1cc(/C=C\c2cc(OC)c(OC)c(OC)c2)c(NS(=O)(=O)c2cccc([N+](=O)[O-])c2)cc1OC. The molecule has 3 aromatic carbocycles. The molecular formula is C25H26N2O9S. The lowest BCUT2D eigenvalue weighted by Crippen LogP contribution is -2.14. The number of methoxy groups -OCH3 is 5. The van der Waals surface area contributed by atoms with Gasteiger partial charge in [-0.2, -0.15) is 0 Å². The average Bonchev–Trinajstić information content (AvgIpc) is 2.91. The Hall–Kier alpha value is -4.45. The quantitative estimate of drug-likeness (QED) is 0.214. The van der Waals surface area contributed by atoms with Crippen LogP contribution >= 0.6 is 0 Å². The number of ether oxygens (including phenoxy) is 5. The predicted molar refractivity (Wildman–Crippen MR) is 138 cm³/mol. The third kappa shape index (κ3) is 6.04. The van der Waals surface area contributed by atoms with E-state index in [9.17, 15) is 18.5 Å². The number of benzene rings is 3. The maximum Gasteiger partial charge on any atom is 0.270 e. The molecule has 0 aliphatic heterocycles. The zero-order valence-electron chi connectivity index (χ0n) is 20.8. The summed E-state index contributed by atoms with van der Waals surface area (Å²) >= 11 is 0. The Kier molecular flexibility index (Phi) is 8.45. The van der Waals surface area contributed by atoms with E-state index in [0.717, 1.165) is 6.07 Å². The summed E-state index contributed by atoms with van der Waals surface area (Å²) in [5.74, 6) is 1.97. The van der Waals surface area contributed by atoms with Gasteiger partial charge in [0.2, 0.25) is 5.75 Å². The Balaban J connectivity index is 2.09. The number of sulfonamides is 1. The second-order valence-electron chi connectivity index (χ2n) is 7.45. The first kappa shape index (κ1) is 27.1. The molecule has 12 heteroatoms. The summed E-state index contributed by atoms with van der Waals surface area (Å²) in [5, 5.41) is 11.1. The lowest BCUT2D eigenvalue weighted by molar-refractivity contribution is -0.385. The van der Waals surface area contributed by atoms with Gasteiger partial charge in [0.25, 0.3) is 15.7 Å². The molecule has 1 N–H and O–H groups in total. The zero-order chi connectivity index (χ0) is 27.2. The summed E-state index contributed by atoms with van der Waals surface area (Å²) in [6, 6.07) is 11.3. The molecule has 11 nitrogen and oxygen atoms in total. The number of rotatable bonds is 11. The minimum absolute atomic E-state index is 0.160. The van der Waals surface area contributed by atoms with Gasteiger partial charge in [0.1, 0.15) is 0 Å². The predicted octanol–water partition coefficient (Wildman–Crippen LogP) is 4.61. The van der Waals surface area contributed by atoms with E-state index in [1.54, 1.807) is 30.4 Å². The zero-order valence-corrected chi connectivity index (χ0v) is 21.6. The van der Waals surface area contributed by atoms with Crippen LogP contribution in [0.15, 0.2) is 53.4 Å². The Morgan fingerprint density at radius 1 is 0.784 bits per heavy atom. The van der Waals surface area contributed by atoms with Crippen LogP contribution in [0, 0.1) is 10.1 Å². The summed E-state index contributed by atoms with van der Waals surface area (Å²) in [7, 11) is 3.18. The molecule has 0 atom stereocenters. The number of nitro groups is 1. The summed E-state index contributed by atoms with van der Waals surface area (Å²) in [4.78, 5) is 10.2. The van der Waals surface area contributed by atoms with Crippen LogP contribution in [0.3, 0.4) is 0 Å². The minimum atomic E-state index is -4.19. The van der Waals surface area contributed by atoms with Crippen molar-refractivity contribution >= 4 is 33.6 Å². The van der Waals surface area contributed by atoms with Gasteiger partial charge in [-0.1, -0.05) is 18.2 Å². The highest BCUT2D eigenvalue weighted by Gasteiger charge is 2.21. The van der Waals surface area contributed by atoms with Gasteiger partial charge in [-0.3, -0.25) is 14.8 Å². The van der Waals surface area contributed by atoms with E-state index < -0.39 is 14.9 Å². The molecule has 0 aromatic heterocycles. The molecule has 0 heterocycles. The number of nitrogens with zero attached hydrogens (tertiary/aromatic N) is 1. The van der Waals surface area contributed by atoms with E-state index in [0.29, 0.717) is 34.1 Å². The van der Waals surface area contributed by atoms with E-state index in [1.165, 1.54) is 59.8 Å². The summed E-state index contributed by atoms with van der Waals surface area (Å²) in [5.41, 5.74) is 0.919. The molecule has 0 fully saturated rings. The first-order valence-electron chi connectivity index (χ1n) is 10.7. The van der Waals surface area contributed by atoms with Gasteiger partial charge in [0.15, 0.2) is 23.0 Å². The lowest BCUT2D eigenvalue weighted by Gasteiger charge is -2.15. The summed E-state index contributed by atoms with van der Waals surface area (Å²) in [6.45, 7) is 0. The fraction of sp³-hybridized carbons (Fsp3) is 0.200.